The van der Waals surface area contributed by atoms with Crippen molar-refractivity contribution in [1.82, 2.24) is 4.98 Å². The van der Waals surface area contributed by atoms with Crippen LogP contribution in [-0.4, -0.2) is 18.1 Å². The van der Waals surface area contributed by atoms with Gasteiger partial charge in [0.05, 0.1) is 0 Å². The third-order valence-corrected chi connectivity index (χ3v) is 3.96. The quantitative estimate of drug-likeness (QED) is 0.838. The number of nitrogens with two attached hydrogens (primary N) is 1. The van der Waals surface area contributed by atoms with E-state index in [9.17, 15) is 0 Å². The summed E-state index contributed by atoms with van der Waals surface area (Å²) in [5.41, 5.74) is 7.27. The normalized spacial score (nSPS) is 20.8. The zero-order chi connectivity index (χ0) is 12.5. The SMILES string of the molecule is CC(N)c1cccnc1N(CC1CC1)CC1CC1. The first-order valence-electron chi connectivity index (χ1n) is 7.19. The molecule has 1 aromatic heterocycles. The molecule has 1 aromatic rings. The molecular weight excluding hydrogens is 222 g/mol. The lowest BCUT2D eigenvalue weighted by Crippen LogP contribution is -2.30. The molecule has 1 heterocycles. The van der Waals surface area contributed by atoms with Gasteiger partial charge < -0.3 is 10.6 Å². The van der Waals surface area contributed by atoms with Gasteiger partial charge in [-0.25, -0.2) is 4.98 Å². The molecular formula is C15H23N3. The molecule has 18 heavy (non-hydrogen) atoms. The fourth-order valence-corrected chi connectivity index (χ4v) is 2.50. The van der Waals surface area contributed by atoms with Crippen LogP contribution in [0, 0.1) is 11.8 Å². The molecule has 1 atom stereocenters. The molecule has 2 aliphatic rings. The molecule has 0 radical (unpaired) electrons. The van der Waals surface area contributed by atoms with Gasteiger partial charge in [0.2, 0.25) is 0 Å². The zero-order valence-electron chi connectivity index (χ0n) is 11.2. The Hall–Kier alpha value is -1.09. The second kappa shape index (κ2) is 4.88. The number of aromatic nitrogens is 1. The maximum atomic E-state index is 6.08. The topological polar surface area (TPSA) is 42.1 Å². The Morgan fingerprint density at radius 2 is 1.89 bits per heavy atom. The summed E-state index contributed by atoms with van der Waals surface area (Å²) in [7, 11) is 0. The summed E-state index contributed by atoms with van der Waals surface area (Å²) in [6, 6.07) is 4.18. The van der Waals surface area contributed by atoms with Crippen LogP contribution < -0.4 is 10.6 Å². The first-order chi connectivity index (χ1) is 8.74. The third-order valence-electron chi connectivity index (χ3n) is 3.96. The van der Waals surface area contributed by atoms with E-state index in [0.29, 0.717) is 0 Å². The van der Waals surface area contributed by atoms with Gasteiger partial charge in [0.25, 0.3) is 0 Å². The summed E-state index contributed by atoms with van der Waals surface area (Å²) in [5, 5.41) is 0. The Kier molecular flexibility index (Phi) is 3.25. The minimum Gasteiger partial charge on any atom is -0.356 e. The van der Waals surface area contributed by atoms with E-state index >= 15 is 0 Å². The lowest BCUT2D eigenvalue weighted by Gasteiger charge is -2.27. The Balaban J connectivity index is 1.82. The van der Waals surface area contributed by atoms with Gasteiger partial charge in [-0.1, -0.05) is 6.07 Å². The number of hydrogen-bond donors (Lipinski definition) is 1. The van der Waals surface area contributed by atoms with Gasteiger partial charge in [0.15, 0.2) is 0 Å². The standard InChI is InChI=1S/C15H23N3/c1-11(16)14-3-2-8-17-15(14)18(9-12-4-5-12)10-13-6-7-13/h2-3,8,11-13H,4-7,9-10,16H2,1H3. The van der Waals surface area contributed by atoms with Gasteiger partial charge in [-0.3, -0.25) is 0 Å². The smallest absolute Gasteiger partial charge is 0.133 e. The van der Waals surface area contributed by atoms with Crippen molar-refractivity contribution < 1.29 is 0 Å². The molecule has 0 saturated heterocycles. The van der Waals surface area contributed by atoms with Crippen LogP contribution in [0.15, 0.2) is 18.3 Å². The maximum Gasteiger partial charge on any atom is 0.133 e. The van der Waals surface area contributed by atoms with Crippen molar-refractivity contribution in [3.63, 3.8) is 0 Å². The molecule has 0 amide bonds. The number of pyridine rings is 1. The lowest BCUT2D eigenvalue weighted by atomic mass is 10.1. The van der Waals surface area contributed by atoms with Gasteiger partial charge in [-0.15, -0.1) is 0 Å². The number of nitrogens with zero attached hydrogens (tertiary/aromatic N) is 2. The average Bonchev–Trinajstić information content (AvgIpc) is 3.23. The van der Waals surface area contributed by atoms with Crippen molar-refractivity contribution in [2.45, 2.75) is 38.6 Å². The van der Waals surface area contributed by atoms with Gasteiger partial charge in [0, 0.05) is 30.9 Å². The third kappa shape index (κ3) is 2.83. The molecule has 0 spiro atoms. The highest BCUT2D eigenvalue weighted by atomic mass is 15.2. The van der Waals surface area contributed by atoms with Crippen molar-refractivity contribution >= 4 is 5.82 Å². The van der Waals surface area contributed by atoms with E-state index < -0.39 is 0 Å². The molecule has 3 heteroatoms. The Morgan fingerprint density at radius 1 is 1.28 bits per heavy atom. The second-order valence-corrected chi connectivity index (χ2v) is 6.00. The number of anilines is 1. The lowest BCUT2D eigenvalue weighted by molar-refractivity contribution is 0.661. The molecule has 3 rings (SSSR count). The van der Waals surface area contributed by atoms with Crippen molar-refractivity contribution in [2.75, 3.05) is 18.0 Å². The van der Waals surface area contributed by atoms with Crippen molar-refractivity contribution in [1.29, 1.82) is 0 Å². The largest absolute Gasteiger partial charge is 0.356 e. The summed E-state index contributed by atoms with van der Waals surface area (Å²) in [6.45, 7) is 4.40. The highest BCUT2D eigenvalue weighted by molar-refractivity contribution is 5.48. The van der Waals surface area contributed by atoms with Crippen LogP contribution in [0.4, 0.5) is 5.82 Å². The minimum absolute atomic E-state index is 0.0645. The van der Waals surface area contributed by atoms with Crippen molar-refractivity contribution in [3.05, 3.63) is 23.9 Å². The Bertz CT molecular complexity index is 394. The van der Waals surface area contributed by atoms with Gasteiger partial charge in [-0.05, 0) is 50.5 Å². The Labute approximate surface area is 109 Å². The van der Waals surface area contributed by atoms with Crippen LogP contribution in [-0.2, 0) is 0 Å². The van der Waals surface area contributed by atoms with E-state index in [0.717, 1.165) is 17.7 Å². The average molecular weight is 245 g/mol. The highest BCUT2D eigenvalue weighted by Crippen LogP contribution is 2.36. The first kappa shape index (κ1) is 12.0. The van der Waals surface area contributed by atoms with Crippen molar-refractivity contribution in [2.24, 2.45) is 17.6 Å². The summed E-state index contributed by atoms with van der Waals surface area (Å²) < 4.78 is 0. The van der Waals surface area contributed by atoms with E-state index in [2.05, 4.69) is 16.0 Å². The molecule has 98 valence electrons. The van der Waals surface area contributed by atoms with Crippen LogP contribution in [0.25, 0.3) is 0 Å². The van der Waals surface area contributed by atoms with Crippen LogP contribution in [0.2, 0.25) is 0 Å². The first-order valence-corrected chi connectivity index (χ1v) is 7.19. The molecule has 2 aliphatic carbocycles. The van der Waals surface area contributed by atoms with Gasteiger partial charge >= 0.3 is 0 Å². The number of rotatable bonds is 6. The van der Waals surface area contributed by atoms with Crippen LogP contribution in [0.3, 0.4) is 0 Å². The van der Waals surface area contributed by atoms with Gasteiger partial charge in [-0.2, -0.15) is 0 Å². The molecule has 0 bridgehead atoms. The van der Waals surface area contributed by atoms with E-state index in [-0.39, 0.29) is 6.04 Å². The van der Waals surface area contributed by atoms with Crippen LogP contribution in [0.5, 0.6) is 0 Å². The molecule has 2 N–H and O–H groups in total. The summed E-state index contributed by atoms with van der Waals surface area (Å²) in [4.78, 5) is 7.10. The summed E-state index contributed by atoms with van der Waals surface area (Å²) in [6.07, 6.45) is 7.46. The van der Waals surface area contributed by atoms with E-state index in [4.69, 9.17) is 5.73 Å². The van der Waals surface area contributed by atoms with E-state index in [1.54, 1.807) is 0 Å². The fraction of sp³-hybridized carbons (Fsp3) is 0.667. The molecule has 1 unspecified atom stereocenters. The maximum absolute atomic E-state index is 6.08. The molecule has 0 aromatic carbocycles. The minimum atomic E-state index is 0.0645. The molecule has 3 nitrogen and oxygen atoms in total. The highest BCUT2D eigenvalue weighted by Gasteiger charge is 2.30. The summed E-state index contributed by atoms with van der Waals surface area (Å²) in [5.74, 6) is 2.92. The number of hydrogen-bond acceptors (Lipinski definition) is 3. The van der Waals surface area contributed by atoms with E-state index in [1.165, 1.54) is 44.3 Å². The zero-order valence-corrected chi connectivity index (χ0v) is 11.2. The Morgan fingerprint density at radius 3 is 2.39 bits per heavy atom. The van der Waals surface area contributed by atoms with Crippen molar-refractivity contribution in [3.8, 4) is 0 Å². The monoisotopic (exact) mass is 245 g/mol. The van der Waals surface area contributed by atoms with E-state index in [1.807, 2.05) is 19.2 Å². The predicted molar refractivity (Wildman–Crippen MR) is 74.5 cm³/mol. The molecule has 2 fully saturated rings. The molecule has 0 aliphatic heterocycles. The van der Waals surface area contributed by atoms with Crippen LogP contribution >= 0.6 is 0 Å². The summed E-state index contributed by atoms with van der Waals surface area (Å²) >= 11 is 0. The second-order valence-electron chi connectivity index (χ2n) is 6.00. The van der Waals surface area contributed by atoms with Gasteiger partial charge in [0.1, 0.15) is 5.82 Å². The predicted octanol–water partition coefficient (Wildman–Crippen LogP) is 2.73. The van der Waals surface area contributed by atoms with Crippen LogP contribution in [0.1, 0.15) is 44.2 Å². The fourth-order valence-electron chi connectivity index (χ4n) is 2.50. The molecule has 2 saturated carbocycles.